The Morgan fingerprint density at radius 3 is 2.79 bits per heavy atom. The zero-order valence-corrected chi connectivity index (χ0v) is 11.9. The van der Waals surface area contributed by atoms with Crippen molar-refractivity contribution in [1.29, 1.82) is 0 Å². The third-order valence-corrected chi connectivity index (χ3v) is 4.05. The van der Waals surface area contributed by atoms with Crippen LogP contribution in [0.2, 0.25) is 0 Å². The SMILES string of the molecule is COC(=O)c1ccc(CN2CCC(C)C(C)C2)nc1. The molecule has 4 nitrogen and oxygen atoms in total. The molecule has 0 N–H and O–H groups in total. The molecule has 4 heteroatoms. The number of carbonyl (C=O) groups excluding carboxylic acids is 1. The molecule has 104 valence electrons. The Morgan fingerprint density at radius 2 is 2.21 bits per heavy atom. The van der Waals surface area contributed by atoms with Crippen molar-refractivity contribution in [3.63, 3.8) is 0 Å². The van der Waals surface area contributed by atoms with Gasteiger partial charge in [0.1, 0.15) is 0 Å². The smallest absolute Gasteiger partial charge is 0.339 e. The van der Waals surface area contributed by atoms with Gasteiger partial charge in [-0.05, 0) is 36.9 Å². The van der Waals surface area contributed by atoms with Gasteiger partial charge in [0.25, 0.3) is 0 Å². The average molecular weight is 262 g/mol. The number of ether oxygens (including phenoxy) is 1. The van der Waals surface area contributed by atoms with E-state index >= 15 is 0 Å². The van der Waals surface area contributed by atoms with Crippen molar-refractivity contribution in [3.8, 4) is 0 Å². The number of rotatable bonds is 3. The fourth-order valence-electron chi connectivity index (χ4n) is 2.48. The molecule has 0 amide bonds. The number of methoxy groups -OCH3 is 1. The topological polar surface area (TPSA) is 42.4 Å². The summed E-state index contributed by atoms with van der Waals surface area (Å²) in [6.45, 7) is 7.75. The molecule has 2 heterocycles. The van der Waals surface area contributed by atoms with Crippen molar-refractivity contribution in [2.45, 2.75) is 26.8 Å². The van der Waals surface area contributed by atoms with E-state index in [1.54, 1.807) is 12.3 Å². The average Bonchev–Trinajstić information content (AvgIpc) is 2.43. The molecule has 1 saturated heterocycles. The summed E-state index contributed by atoms with van der Waals surface area (Å²) < 4.78 is 4.66. The third-order valence-electron chi connectivity index (χ3n) is 4.05. The summed E-state index contributed by atoms with van der Waals surface area (Å²) in [5, 5.41) is 0. The van der Waals surface area contributed by atoms with Gasteiger partial charge in [-0.1, -0.05) is 13.8 Å². The normalized spacial score (nSPS) is 24.2. The van der Waals surface area contributed by atoms with Gasteiger partial charge < -0.3 is 4.74 Å². The van der Waals surface area contributed by atoms with E-state index < -0.39 is 0 Å². The van der Waals surface area contributed by atoms with Gasteiger partial charge in [-0.2, -0.15) is 0 Å². The number of nitrogens with zero attached hydrogens (tertiary/aromatic N) is 2. The van der Waals surface area contributed by atoms with Crippen LogP contribution in [-0.4, -0.2) is 36.1 Å². The van der Waals surface area contributed by atoms with Crippen LogP contribution in [0.1, 0.15) is 36.3 Å². The molecule has 2 rings (SSSR count). The number of hydrogen-bond donors (Lipinski definition) is 0. The Labute approximate surface area is 114 Å². The lowest BCUT2D eigenvalue weighted by molar-refractivity contribution is 0.0600. The van der Waals surface area contributed by atoms with Gasteiger partial charge in [0.05, 0.1) is 18.4 Å². The molecule has 1 aliphatic heterocycles. The van der Waals surface area contributed by atoms with Crippen LogP contribution in [0.15, 0.2) is 18.3 Å². The summed E-state index contributed by atoms with van der Waals surface area (Å²) in [4.78, 5) is 18.1. The van der Waals surface area contributed by atoms with E-state index in [2.05, 4.69) is 28.5 Å². The van der Waals surface area contributed by atoms with Crippen molar-refractivity contribution < 1.29 is 9.53 Å². The quantitative estimate of drug-likeness (QED) is 0.784. The lowest BCUT2D eigenvalue weighted by Crippen LogP contribution is -2.38. The molecule has 2 unspecified atom stereocenters. The van der Waals surface area contributed by atoms with Crippen molar-refractivity contribution in [1.82, 2.24) is 9.88 Å². The molecule has 0 radical (unpaired) electrons. The Hall–Kier alpha value is -1.42. The molecule has 0 spiro atoms. The Kier molecular flexibility index (Phi) is 4.53. The molecule has 0 aromatic carbocycles. The predicted molar refractivity (Wildman–Crippen MR) is 73.8 cm³/mol. The summed E-state index contributed by atoms with van der Waals surface area (Å²) >= 11 is 0. The molecule has 0 aliphatic carbocycles. The molecular formula is C15H22N2O2. The molecule has 1 aliphatic rings. The minimum absolute atomic E-state index is 0.334. The van der Waals surface area contributed by atoms with Crippen LogP contribution in [-0.2, 0) is 11.3 Å². The van der Waals surface area contributed by atoms with E-state index in [1.807, 2.05) is 6.07 Å². The van der Waals surface area contributed by atoms with Crippen LogP contribution in [0.25, 0.3) is 0 Å². The highest BCUT2D eigenvalue weighted by atomic mass is 16.5. The maximum absolute atomic E-state index is 11.3. The minimum atomic E-state index is -0.334. The summed E-state index contributed by atoms with van der Waals surface area (Å²) in [6.07, 6.45) is 2.85. The molecule has 19 heavy (non-hydrogen) atoms. The van der Waals surface area contributed by atoms with Gasteiger partial charge >= 0.3 is 5.97 Å². The van der Waals surface area contributed by atoms with E-state index in [4.69, 9.17) is 0 Å². The third kappa shape index (κ3) is 3.53. The largest absolute Gasteiger partial charge is 0.465 e. The molecule has 0 saturated carbocycles. The van der Waals surface area contributed by atoms with E-state index in [0.29, 0.717) is 5.56 Å². The molecule has 2 atom stereocenters. The zero-order chi connectivity index (χ0) is 13.8. The first-order valence-corrected chi connectivity index (χ1v) is 6.85. The van der Waals surface area contributed by atoms with Gasteiger partial charge in [-0.3, -0.25) is 9.88 Å². The second kappa shape index (κ2) is 6.15. The van der Waals surface area contributed by atoms with Crippen LogP contribution in [0, 0.1) is 11.8 Å². The Bertz CT molecular complexity index is 430. The standard InChI is InChI=1S/C15H22N2O2/c1-11-6-7-17(9-12(11)2)10-14-5-4-13(8-16-14)15(18)19-3/h4-5,8,11-12H,6-7,9-10H2,1-3H3. The molecule has 1 aromatic rings. The maximum Gasteiger partial charge on any atom is 0.339 e. The molecular weight excluding hydrogens is 240 g/mol. The van der Waals surface area contributed by atoms with Crippen LogP contribution in [0.5, 0.6) is 0 Å². The highest BCUT2D eigenvalue weighted by molar-refractivity contribution is 5.88. The van der Waals surface area contributed by atoms with Crippen molar-refractivity contribution in [2.75, 3.05) is 20.2 Å². The van der Waals surface area contributed by atoms with E-state index in [-0.39, 0.29) is 5.97 Å². The second-order valence-electron chi connectivity index (χ2n) is 5.51. The zero-order valence-electron chi connectivity index (χ0n) is 11.9. The van der Waals surface area contributed by atoms with Crippen molar-refractivity contribution >= 4 is 5.97 Å². The van der Waals surface area contributed by atoms with E-state index in [9.17, 15) is 4.79 Å². The Morgan fingerprint density at radius 1 is 1.42 bits per heavy atom. The molecule has 1 aromatic heterocycles. The number of piperidine rings is 1. The van der Waals surface area contributed by atoms with Crippen molar-refractivity contribution in [3.05, 3.63) is 29.6 Å². The minimum Gasteiger partial charge on any atom is -0.465 e. The van der Waals surface area contributed by atoms with E-state index in [1.165, 1.54) is 13.5 Å². The first-order chi connectivity index (χ1) is 9.10. The van der Waals surface area contributed by atoms with Crippen LogP contribution in [0.3, 0.4) is 0 Å². The fourth-order valence-corrected chi connectivity index (χ4v) is 2.48. The van der Waals surface area contributed by atoms with Crippen LogP contribution in [0.4, 0.5) is 0 Å². The number of pyridine rings is 1. The number of carbonyl (C=O) groups is 1. The summed E-state index contributed by atoms with van der Waals surface area (Å²) in [5.41, 5.74) is 1.52. The Balaban J connectivity index is 1.94. The number of aromatic nitrogens is 1. The predicted octanol–water partition coefficient (Wildman–Crippen LogP) is 2.35. The molecule has 0 bridgehead atoms. The monoisotopic (exact) mass is 262 g/mol. The summed E-state index contributed by atoms with van der Waals surface area (Å²) in [6, 6.07) is 3.69. The number of hydrogen-bond acceptors (Lipinski definition) is 4. The number of likely N-dealkylation sites (tertiary alicyclic amines) is 1. The van der Waals surface area contributed by atoms with Gasteiger partial charge in [0, 0.05) is 19.3 Å². The van der Waals surface area contributed by atoms with Gasteiger partial charge in [0.15, 0.2) is 0 Å². The first-order valence-electron chi connectivity index (χ1n) is 6.85. The van der Waals surface area contributed by atoms with Crippen molar-refractivity contribution in [2.24, 2.45) is 11.8 Å². The fraction of sp³-hybridized carbons (Fsp3) is 0.600. The van der Waals surface area contributed by atoms with Crippen LogP contribution < -0.4 is 0 Å². The first kappa shape index (κ1) is 14.0. The highest BCUT2D eigenvalue weighted by Crippen LogP contribution is 2.23. The number of esters is 1. The summed E-state index contributed by atoms with van der Waals surface area (Å²) in [5.74, 6) is 1.22. The highest BCUT2D eigenvalue weighted by Gasteiger charge is 2.22. The maximum atomic E-state index is 11.3. The van der Waals surface area contributed by atoms with Gasteiger partial charge in [0.2, 0.25) is 0 Å². The summed E-state index contributed by atoms with van der Waals surface area (Å²) in [7, 11) is 1.38. The van der Waals surface area contributed by atoms with Gasteiger partial charge in [-0.15, -0.1) is 0 Å². The lowest BCUT2D eigenvalue weighted by atomic mass is 9.88. The van der Waals surface area contributed by atoms with Crippen LogP contribution >= 0.6 is 0 Å². The van der Waals surface area contributed by atoms with E-state index in [0.717, 1.165) is 37.2 Å². The van der Waals surface area contributed by atoms with Gasteiger partial charge in [-0.25, -0.2) is 4.79 Å². The molecule has 1 fully saturated rings. The lowest BCUT2D eigenvalue weighted by Gasteiger charge is -2.35. The second-order valence-corrected chi connectivity index (χ2v) is 5.51.